The van der Waals surface area contributed by atoms with Gasteiger partial charge >= 0.3 is 5.97 Å². The summed E-state index contributed by atoms with van der Waals surface area (Å²) < 4.78 is 5.60. The van der Waals surface area contributed by atoms with Gasteiger partial charge in [-0.2, -0.15) is 0 Å². The lowest BCUT2D eigenvalue weighted by Gasteiger charge is -2.19. The monoisotopic (exact) mass is 463 g/mol. The van der Waals surface area contributed by atoms with E-state index in [0.29, 0.717) is 21.8 Å². The standard InChI is InChI=1S/C28H30ClNO3/c1-27(2,3)20-11-7-18(8-12-20)25(31)30-23-17-22(29)15-16-24(23)33-26(32)19-9-13-21(14-10-19)28(4,5)6/h7-17H,1-6H3,(H,30,31). The number of esters is 1. The van der Waals surface area contributed by atoms with E-state index in [0.717, 1.165) is 11.1 Å². The lowest BCUT2D eigenvalue weighted by Crippen LogP contribution is -2.16. The van der Waals surface area contributed by atoms with E-state index in [1.807, 2.05) is 24.3 Å². The van der Waals surface area contributed by atoms with Crippen molar-refractivity contribution >= 4 is 29.2 Å². The Morgan fingerprint density at radius 1 is 0.727 bits per heavy atom. The van der Waals surface area contributed by atoms with Gasteiger partial charge < -0.3 is 10.1 Å². The Morgan fingerprint density at radius 2 is 1.21 bits per heavy atom. The predicted molar refractivity (Wildman–Crippen MR) is 135 cm³/mol. The molecule has 0 aromatic heterocycles. The van der Waals surface area contributed by atoms with Crippen LogP contribution in [0.3, 0.4) is 0 Å². The molecule has 3 aromatic rings. The summed E-state index contributed by atoms with van der Waals surface area (Å²) in [6.07, 6.45) is 0. The molecule has 1 N–H and O–H groups in total. The molecule has 0 saturated carbocycles. The van der Waals surface area contributed by atoms with Crippen LogP contribution >= 0.6 is 11.6 Å². The van der Waals surface area contributed by atoms with Gasteiger partial charge in [0.05, 0.1) is 11.3 Å². The molecule has 172 valence electrons. The maximum absolute atomic E-state index is 12.8. The molecule has 0 aliphatic rings. The zero-order valence-corrected chi connectivity index (χ0v) is 20.7. The SMILES string of the molecule is CC(C)(C)c1ccc(C(=O)Nc2cc(Cl)ccc2OC(=O)c2ccc(C(C)(C)C)cc2)cc1. The van der Waals surface area contributed by atoms with Crippen molar-refractivity contribution in [2.24, 2.45) is 0 Å². The van der Waals surface area contributed by atoms with E-state index in [-0.39, 0.29) is 22.5 Å². The Balaban J connectivity index is 1.79. The summed E-state index contributed by atoms with van der Waals surface area (Å²) in [4.78, 5) is 25.6. The van der Waals surface area contributed by atoms with E-state index in [9.17, 15) is 9.59 Å². The molecule has 0 aliphatic carbocycles. The molecule has 0 aliphatic heterocycles. The third-order valence-electron chi connectivity index (χ3n) is 5.39. The van der Waals surface area contributed by atoms with E-state index in [2.05, 4.69) is 46.9 Å². The molecule has 0 unspecified atom stereocenters. The van der Waals surface area contributed by atoms with Gasteiger partial charge in [0.2, 0.25) is 0 Å². The number of hydrogen-bond donors (Lipinski definition) is 1. The van der Waals surface area contributed by atoms with E-state index < -0.39 is 5.97 Å². The minimum atomic E-state index is -0.511. The summed E-state index contributed by atoms with van der Waals surface area (Å²) in [7, 11) is 0. The van der Waals surface area contributed by atoms with Gasteiger partial charge in [0, 0.05) is 10.6 Å². The first-order valence-corrected chi connectivity index (χ1v) is 11.3. The average Bonchev–Trinajstić information content (AvgIpc) is 2.74. The highest BCUT2D eigenvalue weighted by Gasteiger charge is 2.18. The predicted octanol–water partition coefficient (Wildman–Crippen LogP) is 7.41. The molecule has 1 amide bonds. The van der Waals surface area contributed by atoms with E-state index >= 15 is 0 Å². The Kier molecular flexibility index (Phi) is 6.99. The number of hydrogen-bond acceptors (Lipinski definition) is 3. The van der Waals surface area contributed by atoms with Crippen molar-refractivity contribution in [2.75, 3.05) is 5.32 Å². The van der Waals surface area contributed by atoms with Gasteiger partial charge in [0.1, 0.15) is 0 Å². The van der Waals surface area contributed by atoms with E-state index in [4.69, 9.17) is 16.3 Å². The highest BCUT2D eigenvalue weighted by molar-refractivity contribution is 6.31. The lowest BCUT2D eigenvalue weighted by molar-refractivity contribution is 0.0734. The minimum absolute atomic E-state index is 0.00554. The molecule has 3 rings (SSSR count). The molecule has 0 radical (unpaired) electrons. The summed E-state index contributed by atoms with van der Waals surface area (Å²) in [5, 5.41) is 3.23. The number of halogens is 1. The molecule has 3 aromatic carbocycles. The third kappa shape index (κ3) is 6.23. The van der Waals surface area contributed by atoms with Crippen molar-refractivity contribution in [1.82, 2.24) is 0 Å². The first-order valence-electron chi connectivity index (χ1n) is 10.9. The van der Waals surface area contributed by atoms with Crippen molar-refractivity contribution in [3.63, 3.8) is 0 Å². The van der Waals surface area contributed by atoms with Crippen molar-refractivity contribution in [3.05, 3.63) is 94.0 Å². The van der Waals surface area contributed by atoms with E-state index in [1.165, 1.54) is 0 Å². The third-order valence-corrected chi connectivity index (χ3v) is 5.63. The summed E-state index contributed by atoms with van der Waals surface area (Å²) >= 11 is 6.14. The second-order valence-corrected chi connectivity index (χ2v) is 10.6. The maximum Gasteiger partial charge on any atom is 0.343 e. The highest BCUT2D eigenvalue weighted by Crippen LogP contribution is 2.30. The van der Waals surface area contributed by atoms with Crippen LogP contribution in [0, 0.1) is 0 Å². The number of anilines is 1. The van der Waals surface area contributed by atoms with Crippen molar-refractivity contribution in [2.45, 2.75) is 52.4 Å². The second kappa shape index (κ2) is 9.40. The molecule has 0 spiro atoms. The Bertz CT molecular complexity index is 1150. The van der Waals surface area contributed by atoms with E-state index in [1.54, 1.807) is 42.5 Å². The summed E-state index contributed by atoms with van der Waals surface area (Å²) in [6, 6.07) is 19.5. The van der Waals surface area contributed by atoms with Gasteiger partial charge in [0.15, 0.2) is 5.75 Å². The zero-order valence-electron chi connectivity index (χ0n) is 20.0. The Morgan fingerprint density at radius 3 is 1.70 bits per heavy atom. The number of carbonyl (C=O) groups is 2. The smallest absolute Gasteiger partial charge is 0.343 e. The summed E-state index contributed by atoms with van der Waals surface area (Å²) in [5.41, 5.74) is 3.48. The molecular weight excluding hydrogens is 434 g/mol. The van der Waals surface area contributed by atoms with Crippen LogP contribution in [0.25, 0.3) is 0 Å². The van der Waals surface area contributed by atoms with Gasteiger partial charge in [-0.3, -0.25) is 4.79 Å². The maximum atomic E-state index is 12.8. The van der Waals surface area contributed by atoms with Crippen LogP contribution in [0.4, 0.5) is 5.69 Å². The topological polar surface area (TPSA) is 55.4 Å². The van der Waals surface area contributed by atoms with Gasteiger partial charge in [0.25, 0.3) is 5.91 Å². The molecule has 0 heterocycles. The van der Waals surface area contributed by atoms with Crippen molar-refractivity contribution < 1.29 is 14.3 Å². The van der Waals surface area contributed by atoms with Crippen LogP contribution in [0.2, 0.25) is 5.02 Å². The Labute approximate surface area is 200 Å². The molecule has 0 saturated heterocycles. The molecule has 33 heavy (non-hydrogen) atoms. The van der Waals surface area contributed by atoms with Crippen LogP contribution in [0.15, 0.2) is 66.7 Å². The van der Waals surface area contributed by atoms with Crippen LogP contribution in [-0.2, 0) is 10.8 Å². The summed E-state index contributed by atoms with van der Waals surface area (Å²) in [6.45, 7) is 12.7. The average molecular weight is 464 g/mol. The molecule has 0 atom stereocenters. The molecule has 0 bridgehead atoms. The number of nitrogens with one attached hydrogen (secondary N) is 1. The highest BCUT2D eigenvalue weighted by atomic mass is 35.5. The first kappa shape index (κ1) is 24.5. The molecule has 0 fully saturated rings. The van der Waals surface area contributed by atoms with Crippen LogP contribution in [-0.4, -0.2) is 11.9 Å². The normalized spacial score (nSPS) is 11.7. The van der Waals surface area contributed by atoms with Crippen molar-refractivity contribution in [1.29, 1.82) is 0 Å². The molecular formula is C28H30ClNO3. The van der Waals surface area contributed by atoms with Gasteiger partial charge in [-0.1, -0.05) is 77.4 Å². The summed E-state index contributed by atoms with van der Waals surface area (Å²) in [5.74, 6) is -0.601. The largest absolute Gasteiger partial charge is 0.421 e. The number of amides is 1. The van der Waals surface area contributed by atoms with Gasteiger partial charge in [-0.05, 0) is 64.4 Å². The van der Waals surface area contributed by atoms with Gasteiger partial charge in [-0.15, -0.1) is 0 Å². The number of benzene rings is 3. The van der Waals surface area contributed by atoms with Crippen LogP contribution in [0.1, 0.15) is 73.4 Å². The fourth-order valence-corrected chi connectivity index (χ4v) is 3.44. The molecule has 5 heteroatoms. The Hall–Kier alpha value is -3.11. The lowest BCUT2D eigenvalue weighted by atomic mass is 9.86. The second-order valence-electron chi connectivity index (χ2n) is 10.1. The van der Waals surface area contributed by atoms with Gasteiger partial charge in [-0.25, -0.2) is 4.79 Å². The number of ether oxygens (including phenoxy) is 1. The first-order chi connectivity index (χ1) is 15.3. The van der Waals surface area contributed by atoms with Crippen LogP contribution < -0.4 is 10.1 Å². The van der Waals surface area contributed by atoms with Crippen molar-refractivity contribution in [3.8, 4) is 5.75 Å². The zero-order chi connectivity index (χ0) is 24.4. The minimum Gasteiger partial charge on any atom is -0.421 e. The van der Waals surface area contributed by atoms with Crippen LogP contribution in [0.5, 0.6) is 5.75 Å². The number of carbonyl (C=O) groups excluding carboxylic acids is 2. The fourth-order valence-electron chi connectivity index (χ4n) is 3.27. The number of rotatable bonds is 4. The molecule has 4 nitrogen and oxygen atoms in total. The fraction of sp³-hybridized carbons (Fsp3) is 0.286. The quantitative estimate of drug-likeness (QED) is 0.323.